The lowest BCUT2D eigenvalue weighted by Gasteiger charge is -2.29. The fourth-order valence-corrected chi connectivity index (χ4v) is 8.12. The van der Waals surface area contributed by atoms with Crippen LogP contribution in [0.1, 0.15) is 206 Å². The number of carbonyl (C=O) groups is 1. The zero-order valence-electron chi connectivity index (χ0n) is 46.6. The molecule has 0 heterocycles. The first-order valence-corrected chi connectivity index (χ1v) is 30.0. The van der Waals surface area contributed by atoms with Crippen LogP contribution in [-0.4, -0.2) is 68.5 Å². The van der Waals surface area contributed by atoms with Gasteiger partial charge in [0.25, 0.3) is 7.82 Å². The van der Waals surface area contributed by atoms with Gasteiger partial charge in [-0.05, 0) is 103 Å². The minimum atomic E-state index is -4.62. The molecular weight excluding hydrogens is 912 g/mol. The van der Waals surface area contributed by atoms with Crippen molar-refractivity contribution < 1.29 is 32.9 Å². The molecule has 1 amide bonds. The second-order valence-electron chi connectivity index (χ2n) is 19.9. The fourth-order valence-electron chi connectivity index (χ4n) is 7.39. The highest BCUT2D eigenvalue weighted by atomic mass is 31.2. The third-order valence-corrected chi connectivity index (χ3v) is 12.8. The van der Waals surface area contributed by atoms with E-state index in [1.807, 2.05) is 27.2 Å². The third-order valence-electron chi connectivity index (χ3n) is 11.8. The molecule has 0 aromatic carbocycles. The predicted molar refractivity (Wildman–Crippen MR) is 311 cm³/mol. The van der Waals surface area contributed by atoms with E-state index in [1.54, 1.807) is 6.08 Å². The SMILES string of the molecule is CC/C=C\C/C=C\C/C=C\C/C=C\C/C=C\C/C=C\C/C=C\C/C=C\C/C=C\CCCCCCCC(=O)NC(COP(=O)([O-])OCC[N+](C)(C)C)C(O)/C=C/CC/C=C/CCCCCCCCCCCCC. The molecule has 72 heavy (non-hydrogen) atoms. The molecular formula is C63H107N2O6P. The molecule has 8 nitrogen and oxygen atoms in total. The van der Waals surface area contributed by atoms with Crippen LogP contribution in [0.4, 0.5) is 0 Å². The molecule has 0 saturated carbocycles. The molecule has 3 atom stereocenters. The van der Waals surface area contributed by atoms with E-state index in [0.29, 0.717) is 17.4 Å². The van der Waals surface area contributed by atoms with E-state index in [0.717, 1.165) is 116 Å². The van der Waals surface area contributed by atoms with E-state index in [-0.39, 0.29) is 12.5 Å². The normalized spacial score (nSPS) is 14.9. The van der Waals surface area contributed by atoms with Crippen molar-refractivity contribution in [3.05, 3.63) is 134 Å². The molecule has 0 aliphatic carbocycles. The van der Waals surface area contributed by atoms with Crippen molar-refractivity contribution in [2.24, 2.45) is 0 Å². The van der Waals surface area contributed by atoms with E-state index in [2.05, 4.69) is 141 Å². The molecule has 3 unspecified atom stereocenters. The first kappa shape index (κ1) is 68.6. The number of quaternary nitrogens is 1. The molecule has 9 heteroatoms. The van der Waals surface area contributed by atoms with Gasteiger partial charge in [-0.25, -0.2) is 0 Å². The standard InChI is InChI=1S/C63H107N2O6P/c1-6-8-10-12-14-16-18-20-22-24-25-26-27-28-29-30-31-32-33-34-35-36-37-38-39-41-43-45-47-49-51-53-55-57-63(67)64-61(60-71-72(68,69)70-59-58-65(3,4)5)62(66)56-54-52-50-48-46-44-42-40-23-21-19-17-15-13-11-9-7-2/h8,10,14,16,20,22,25-26,28-29,31-32,34-35,37-38,41,43,46,48,54,56,61-62,66H,6-7,9,11-13,15,17-19,21,23-24,27,30,33,36,39-40,42,44-45,47,49-53,55,57-60H2,1-5H3,(H-,64,67,68,69)/b10-8-,16-14-,22-20-,26-25-,29-28-,32-31-,35-34-,38-37-,43-41-,48-46+,56-54+. The molecule has 0 rings (SSSR count). The smallest absolute Gasteiger partial charge is 0.268 e. The first-order chi connectivity index (χ1) is 35.0. The number of nitrogens with zero attached hydrogens (tertiary/aromatic N) is 1. The molecule has 2 N–H and O–H groups in total. The lowest BCUT2D eigenvalue weighted by Crippen LogP contribution is -2.45. The largest absolute Gasteiger partial charge is 0.756 e. The maximum absolute atomic E-state index is 12.9. The van der Waals surface area contributed by atoms with Crippen molar-refractivity contribution >= 4 is 13.7 Å². The van der Waals surface area contributed by atoms with Gasteiger partial charge in [-0.1, -0.05) is 231 Å². The summed E-state index contributed by atoms with van der Waals surface area (Å²) in [5.41, 5.74) is 0. The second kappa shape index (κ2) is 52.5. The minimum Gasteiger partial charge on any atom is -0.756 e. The van der Waals surface area contributed by atoms with E-state index < -0.39 is 26.6 Å². The van der Waals surface area contributed by atoms with Gasteiger partial charge in [0.2, 0.25) is 5.91 Å². The number of aliphatic hydroxyl groups is 1. The van der Waals surface area contributed by atoms with Gasteiger partial charge in [0, 0.05) is 6.42 Å². The quantitative estimate of drug-likeness (QED) is 0.0272. The zero-order valence-corrected chi connectivity index (χ0v) is 47.5. The number of hydrogen-bond donors (Lipinski definition) is 2. The van der Waals surface area contributed by atoms with Crippen LogP contribution < -0.4 is 10.2 Å². The molecule has 0 aliphatic heterocycles. The van der Waals surface area contributed by atoms with Crippen LogP contribution in [0.5, 0.6) is 0 Å². The van der Waals surface area contributed by atoms with Gasteiger partial charge in [-0.2, -0.15) is 0 Å². The second-order valence-corrected chi connectivity index (χ2v) is 21.3. The molecule has 0 aliphatic rings. The van der Waals surface area contributed by atoms with Gasteiger partial charge in [-0.3, -0.25) is 9.36 Å². The fraction of sp³-hybridized carbons (Fsp3) is 0.635. The zero-order chi connectivity index (χ0) is 52.7. The number of aliphatic hydroxyl groups excluding tert-OH is 1. The average Bonchev–Trinajstić information content (AvgIpc) is 3.34. The number of carbonyl (C=O) groups excluding carboxylic acids is 1. The van der Waals surface area contributed by atoms with Crippen LogP contribution in [0.3, 0.4) is 0 Å². The van der Waals surface area contributed by atoms with Crippen LogP contribution in [-0.2, 0) is 18.4 Å². The molecule has 0 spiro atoms. The lowest BCUT2D eigenvalue weighted by molar-refractivity contribution is -0.870. The van der Waals surface area contributed by atoms with Gasteiger partial charge in [0.1, 0.15) is 13.2 Å². The summed E-state index contributed by atoms with van der Waals surface area (Å²) in [6, 6.07) is -0.924. The summed E-state index contributed by atoms with van der Waals surface area (Å²) in [5, 5.41) is 13.8. The number of phosphoric ester groups is 1. The third kappa shape index (κ3) is 54.4. The van der Waals surface area contributed by atoms with Gasteiger partial charge in [-0.15, -0.1) is 0 Å². The summed E-state index contributed by atoms with van der Waals surface area (Å²) >= 11 is 0. The van der Waals surface area contributed by atoms with Crippen LogP contribution in [0, 0.1) is 0 Å². The molecule has 0 aromatic rings. The van der Waals surface area contributed by atoms with Crippen LogP contribution in [0.2, 0.25) is 0 Å². The monoisotopic (exact) mass is 1020 g/mol. The highest BCUT2D eigenvalue weighted by molar-refractivity contribution is 7.45. The Morgan fingerprint density at radius 1 is 0.500 bits per heavy atom. The number of allylic oxidation sites excluding steroid dienone is 21. The Hall–Kier alpha value is -3.36. The number of amides is 1. The number of rotatable bonds is 50. The van der Waals surface area contributed by atoms with E-state index >= 15 is 0 Å². The maximum Gasteiger partial charge on any atom is 0.268 e. The Bertz CT molecular complexity index is 1630. The molecule has 410 valence electrons. The first-order valence-electron chi connectivity index (χ1n) is 28.5. The van der Waals surface area contributed by atoms with Crippen molar-refractivity contribution in [1.82, 2.24) is 5.32 Å². The molecule has 0 radical (unpaired) electrons. The summed E-state index contributed by atoms with van der Waals surface area (Å²) in [6.07, 6.45) is 79.5. The van der Waals surface area contributed by atoms with E-state index in [1.165, 1.54) is 70.6 Å². The maximum atomic E-state index is 12.9. The van der Waals surface area contributed by atoms with Crippen molar-refractivity contribution in [1.29, 1.82) is 0 Å². The van der Waals surface area contributed by atoms with Crippen molar-refractivity contribution in [3.8, 4) is 0 Å². The number of hydrogen-bond acceptors (Lipinski definition) is 6. The summed E-state index contributed by atoms with van der Waals surface area (Å²) in [6.45, 7) is 4.48. The Balaban J connectivity index is 4.32. The molecule has 0 saturated heterocycles. The number of nitrogens with one attached hydrogen (secondary N) is 1. The summed E-state index contributed by atoms with van der Waals surface area (Å²) in [4.78, 5) is 25.5. The van der Waals surface area contributed by atoms with Crippen molar-refractivity contribution in [2.45, 2.75) is 219 Å². The highest BCUT2D eigenvalue weighted by Gasteiger charge is 2.23. The Kier molecular flexibility index (Phi) is 50.1. The Morgan fingerprint density at radius 2 is 0.861 bits per heavy atom. The average molecular weight is 1020 g/mol. The van der Waals surface area contributed by atoms with Gasteiger partial charge in [0.05, 0.1) is 39.9 Å². The van der Waals surface area contributed by atoms with Gasteiger partial charge in [0.15, 0.2) is 0 Å². The summed E-state index contributed by atoms with van der Waals surface area (Å²) in [7, 11) is 1.21. The topological polar surface area (TPSA) is 108 Å². The van der Waals surface area contributed by atoms with Gasteiger partial charge >= 0.3 is 0 Å². The van der Waals surface area contributed by atoms with Crippen LogP contribution >= 0.6 is 7.82 Å². The predicted octanol–water partition coefficient (Wildman–Crippen LogP) is 16.9. The van der Waals surface area contributed by atoms with E-state index in [4.69, 9.17) is 9.05 Å². The summed E-state index contributed by atoms with van der Waals surface area (Å²) in [5.74, 6) is -0.232. The Morgan fingerprint density at radius 3 is 1.29 bits per heavy atom. The molecule has 0 aromatic heterocycles. The molecule has 0 fully saturated rings. The van der Waals surface area contributed by atoms with Crippen molar-refractivity contribution in [3.63, 3.8) is 0 Å². The number of unbranched alkanes of at least 4 members (excludes halogenated alkanes) is 17. The van der Waals surface area contributed by atoms with Crippen molar-refractivity contribution in [2.75, 3.05) is 40.9 Å². The van der Waals surface area contributed by atoms with Gasteiger partial charge < -0.3 is 28.8 Å². The van der Waals surface area contributed by atoms with E-state index in [9.17, 15) is 19.4 Å². The minimum absolute atomic E-state index is 0.0179. The van der Waals surface area contributed by atoms with Crippen LogP contribution in [0.15, 0.2) is 134 Å². The Labute approximate surface area is 443 Å². The summed E-state index contributed by atoms with van der Waals surface area (Å²) < 4.78 is 23.3. The highest BCUT2D eigenvalue weighted by Crippen LogP contribution is 2.38. The number of likely N-dealkylation sites (N-methyl/N-ethyl adjacent to an activating group) is 1. The number of phosphoric acid groups is 1. The van der Waals surface area contributed by atoms with Crippen LogP contribution in [0.25, 0.3) is 0 Å². The molecule has 0 bridgehead atoms. The lowest BCUT2D eigenvalue weighted by atomic mass is 10.1.